The van der Waals surface area contributed by atoms with Gasteiger partial charge in [0.25, 0.3) is 0 Å². The highest BCUT2D eigenvalue weighted by atomic mass is 19.2. The van der Waals surface area contributed by atoms with Gasteiger partial charge in [-0.1, -0.05) is 13.8 Å². The Labute approximate surface area is 100 Å². The first-order valence-corrected chi connectivity index (χ1v) is 5.51. The van der Waals surface area contributed by atoms with Crippen LogP contribution < -0.4 is 4.90 Å². The lowest BCUT2D eigenvalue weighted by Crippen LogP contribution is -2.34. The molecule has 17 heavy (non-hydrogen) atoms. The molecule has 0 saturated heterocycles. The third-order valence-corrected chi connectivity index (χ3v) is 3.14. The van der Waals surface area contributed by atoms with Crippen LogP contribution in [0.5, 0.6) is 0 Å². The molecule has 0 bridgehead atoms. The quantitative estimate of drug-likeness (QED) is 0.807. The van der Waals surface area contributed by atoms with E-state index in [9.17, 15) is 8.78 Å². The Morgan fingerprint density at radius 1 is 1.18 bits per heavy atom. The molecule has 1 unspecified atom stereocenters. The zero-order valence-electron chi connectivity index (χ0n) is 10.5. The van der Waals surface area contributed by atoms with Crippen LogP contribution in [0.4, 0.5) is 14.5 Å². The minimum absolute atomic E-state index is 0.0804. The van der Waals surface area contributed by atoms with Crippen LogP contribution in [0.3, 0.4) is 0 Å². The third-order valence-electron chi connectivity index (χ3n) is 3.14. The Morgan fingerprint density at radius 3 is 2.24 bits per heavy atom. The van der Waals surface area contributed by atoms with Crippen LogP contribution in [0.1, 0.15) is 26.3 Å². The van der Waals surface area contributed by atoms with E-state index < -0.39 is 11.6 Å². The Kier molecular flexibility index (Phi) is 4.06. The maximum Gasteiger partial charge on any atom is 0.183 e. The lowest BCUT2D eigenvalue weighted by molar-refractivity contribution is 0.477. The number of benzene rings is 1. The minimum atomic E-state index is -1.08. The van der Waals surface area contributed by atoms with Crippen LogP contribution in [0.15, 0.2) is 12.1 Å². The average Bonchev–Trinajstić information content (AvgIpc) is 2.30. The Hall–Kier alpha value is -1.63. The highest BCUT2D eigenvalue weighted by Crippen LogP contribution is 2.26. The van der Waals surface area contributed by atoms with Gasteiger partial charge < -0.3 is 4.90 Å². The maximum absolute atomic E-state index is 13.8. The highest BCUT2D eigenvalue weighted by Gasteiger charge is 2.20. The summed E-state index contributed by atoms with van der Waals surface area (Å²) in [6.45, 7) is 5.97. The van der Waals surface area contributed by atoms with Crippen molar-refractivity contribution >= 4 is 5.69 Å². The zero-order chi connectivity index (χ0) is 13.2. The van der Waals surface area contributed by atoms with Crippen LogP contribution in [0.2, 0.25) is 0 Å². The molecule has 0 aliphatic rings. The van der Waals surface area contributed by atoms with Gasteiger partial charge in [-0.25, -0.2) is 8.78 Å². The average molecular weight is 238 g/mol. The summed E-state index contributed by atoms with van der Waals surface area (Å²) in [5, 5.41) is 8.60. The lowest BCUT2D eigenvalue weighted by atomic mass is 10.0. The molecule has 0 fully saturated rings. The Balaban J connectivity index is 3.17. The number of nitriles is 1. The van der Waals surface area contributed by atoms with Gasteiger partial charge >= 0.3 is 0 Å². The van der Waals surface area contributed by atoms with Gasteiger partial charge in [0.1, 0.15) is 6.07 Å². The van der Waals surface area contributed by atoms with Gasteiger partial charge in [-0.2, -0.15) is 5.26 Å². The molecule has 0 radical (unpaired) electrons. The predicted molar refractivity (Wildman–Crippen MR) is 63.8 cm³/mol. The summed E-state index contributed by atoms with van der Waals surface area (Å²) in [5.41, 5.74) is -0.0837. The monoisotopic (exact) mass is 238 g/mol. The zero-order valence-corrected chi connectivity index (χ0v) is 10.5. The van der Waals surface area contributed by atoms with Crippen molar-refractivity contribution in [3.8, 4) is 6.07 Å². The maximum atomic E-state index is 13.8. The molecule has 0 aliphatic carbocycles. The summed E-state index contributed by atoms with van der Waals surface area (Å²) in [6, 6.07) is 4.44. The van der Waals surface area contributed by atoms with E-state index in [-0.39, 0.29) is 17.3 Å². The number of hydrogen-bond donors (Lipinski definition) is 0. The van der Waals surface area contributed by atoms with Crippen molar-refractivity contribution in [2.24, 2.45) is 5.92 Å². The van der Waals surface area contributed by atoms with E-state index in [0.29, 0.717) is 5.92 Å². The van der Waals surface area contributed by atoms with E-state index in [1.807, 2.05) is 20.8 Å². The number of nitrogens with zero attached hydrogens (tertiary/aromatic N) is 2. The van der Waals surface area contributed by atoms with Crippen LogP contribution in [-0.4, -0.2) is 13.1 Å². The van der Waals surface area contributed by atoms with E-state index in [4.69, 9.17) is 5.26 Å². The van der Waals surface area contributed by atoms with Gasteiger partial charge in [-0.3, -0.25) is 0 Å². The van der Waals surface area contributed by atoms with E-state index in [2.05, 4.69) is 0 Å². The van der Waals surface area contributed by atoms with Crippen LogP contribution in [0, 0.1) is 28.9 Å². The second-order valence-corrected chi connectivity index (χ2v) is 4.47. The summed E-state index contributed by atoms with van der Waals surface area (Å²) in [6.07, 6.45) is 0. The lowest BCUT2D eigenvalue weighted by Gasteiger charge is -2.30. The molecular formula is C13H16F2N2. The fourth-order valence-corrected chi connectivity index (χ4v) is 1.56. The smallest absolute Gasteiger partial charge is 0.183 e. The number of halogens is 2. The SMILES string of the molecule is CC(C)C(C)N(C)c1ccc(C#N)c(F)c1F. The summed E-state index contributed by atoms with van der Waals surface area (Å²) in [7, 11) is 1.72. The normalized spacial score (nSPS) is 12.4. The van der Waals surface area contributed by atoms with Crippen molar-refractivity contribution in [2.45, 2.75) is 26.8 Å². The highest BCUT2D eigenvalue weighted by molar-refractivity contribution is 5.52. The summed E-state index contributed by atoms with van der Waals surface area (Å²) < 4.78 is 27.2. The molecule has 0 heterocycles. The van der Waals surface area contributed by atoms with Crippen molar-refractivity contribution in [1.29, 1.82) is 5.26 Å². The molecular weight excluding hydrogens is 222 g/mol. The summed E-state index contributed by atoms with van der Waals surface area (Å²) >= 11 is 0. The molecule has 92 valence electrons. The fourth-order valence-electron chi connectivity index (χ4n) is 1.56. The van der Waals surface area contributed by atoms with Crippen LogP contribution >= 0.6 is 0 Å². The molecule has 0 N–H and O–H groups in total. The second-order valence-electron chi connectivity index (χ2n) is 4.47. The van der Waals surface area contributed by atoms with Gasteiger partial charge in [-0.05, 0) is 25.0 Å². The van der Waals surface area contributed by atoms with Gasteiger partial charge in [0.15, 0.2) is 11.6 Å². The van der Waals surface area contributed by atoms with E-state index in [1.165, 1.54) is 12.1 Å². The Morgan fingerprint density at radius 2 is 1.76 bits per heavy atom. The topological polar surface area (TPSA) is 27.0 Å². The van der Waals surface area contributed by atoms with E-state index in [1.54, 1.807) is 18.0 Å². The van der Waals surface area contributed by atoms with Gasteiger partial charge in [-0.15, -0.1) is 0 Å². The van der Waals surface area contributed by atoms with Crippen molar-refractivity contribution in [2.75, 3.05) is 11.9 Å². The second kappa shape index (κ2) is 5.13. The Bertz CT molecular complexity index is 449. The van der Waals surface area contributed by atoms with Crippen LogP contribution in [0.25, 0.3) is 0 Å². The molecule has 1 aromatic carbocycles. The molecule has 0 spiro atoms. The molecule has 1 rings (SSSR count). The first-order valence-electron chi connectivity index (χ1n) is 5.51. The molecule has 0 aliphatic heterocycles. The first kappa shape index (κ1) is 13.4. The van der Waals surface area contributed by atoms with Crippen LogP contribution in [-0.2, 0) is 0 Å². The summed E-state index contributed by atoms with van der Waals surface area (Å²) in [5.74, 6) is -1.72. The minimum Gasteiger partial charge on any atom is -0.369 e. The molecule has 0 saturated carbocycles. The van der Waals surface area contributed by atoms with E-state index in [0.717, 1.165) is 0 Å². The molecule has 4 heteroatoms. The third kappa shape index (κ3) is 2.55. The van der Waals surface area contributed by atoms with Crippen molar-refractivity contribution in [3.05, 3.63) is 29.3 Å². The number of anilines is 1. The van der Waals surface area contributed by atoms with E-state index >= 15 is 0 Å². The largest absolute Gasteiger partial charge is 0.369 e. The number of hydrogen-bond acceptors (Lipinski definition) is 2. The van der Waals surface area contributed by atoms with Crippen molar-refractivity contribution < 1.29 is 8.78 Å². The van der Waals surface area contributed by atoms with Gasteiger partial charge in [0, 0.05) is 13.1 Å². The van der Waals surface area contributed by atoms with Crippen molar-refractivity contribution in [3.63, 3.8) is 0 Å². The molecule has 2 nitrogen and oxygen atoms in total. The standard InChI is InChI=1S/C13H16F2N2/c1-8(2)9(3)17(4)11-6-5-10(7-16)12(14)13(11)15/h5-6,8-9H,1-4H3. The fraction of sp³-hybridized carbons (Fsp3) is 0.462. The first-order chi connectivity index (χ1) is 7.90. The number of rotatable bonds is 3. The molecule has 1 atom stereocenters. The molecule has 1 aromatic rings. The van der Waals surface area contributed by atoms with Gasteiger partial charge in [0.2, 0.25) is 0 Å². The molecule has 0 aromatic heterocycles. The summed E-state index contributed by atoms with van der Waals surface area (Å²) in [4.78, 5) is 1.68. The van der Waals surface area contributed by atoms with Gasteiger partial charge in [0.05, 0.1) is 11.3 Å². The van der Waals surface area contributed by atoms with Crippen molar-refractivity contribution in [1.82, 2.24) is 0 Å². The molecule has 0 amide bonds. The predicted octanol–water partition coefficient (Wildman–Crippen LogP) is 3.32.